The Morgan fingerprint density at radius 3 is 2.79 bits per heavy atom. The van der Waals surface area contributed by atoms with E-state index in [1.807, 2.05) is 11.8 Å². The van der Waals surface area contributed by atoms with Gasteiger partial charge >= 0.3 is 5.97 Å². The van der Waals surface area contributed by atoms with Gasteiger partial charge in [0.25, 0.3) is 0 Å². The lowest BCUT2D eigenvalue weighted by Crippen LogP contribution is -2.26. The van der Waals surface area contributed by atoms with Crippen LogP contribution in [0.4, 0.5) is 4.39 Å². The van der Waals surface area contributed by atoms with E-state index >= 15 is 0 Å². The number of hydrogen-bond acceptors (Lipinski definition) is 3. The topological polar surface area (TPSA) is 60.8 Å². The molecule has 0 spiro atoms. The lowest BCUT2D eigenvalue weighted by atomic mass is 10.1. The number of likely N-dealkylation sites (N-methyl/N-ethyl adjacent to an activating group) is 1. The maximum atomic E-state index is 13.2. The van der Waals surface area contributed by atoms with Crippen LogP contribution in [-0.2, 0) is 11.3 Å². The van der Waals surface area contributed by atoms with E-state index in [4.69, 9.17) is 10.2 Å². The Bertz CT molecular complexity index is 460. The van der Waals surface area contributed by atoms with Gasteiger partial charge in [0.1, 0.15) is 5.82 Å². The number of carboxylic acid groups (broad SMARTS) is 1. The summed E-state index contributed by atoms with van der Waals surface area (Å²) in [6, 6.07) is 4.29. The average molecular weight is 267 g/mol. The van der Waals surface area contributed by atoms with Gasteiger partial charge in [-0.1, -0.05) is 13.0 Å². The normalized spacial score (nSPS) is 11.4. The molecule has 4 nitrogen and oxygen atoms in total. The Kier molecular flexibility index (Phi) is 6.18. The number of aliphatic carboxylic acids is 1. The van der Waals surface area contributed by atoms with Gasteiger partial charge in [0.2, 0.25) is 0 Å². The van der Waals surface area contributed by atoms with Crippen molar-refractivity contribution >= 4 is 12.0 Å². The van der Waals surface area contributed by atoms with Gasteiger partial charge in [-0.25, -0.2) is 9.18 Å². The van der Waals surface area contributed by atoms with Crippen LogP contribution in [0.5, 0.6) is 0 Å². The van der Waals surface area contributed by atoms with Crippen LogP contribution >= 0.6 is 0 Å². The van der Waals surface area contributed by atoms with Gasteiger partial charge in [-0.15, -0.1) is 0 Å². The van der Waals surface area contributed by atoms with E-state index in [2.05, 4.69) is 0 Å². The summed E-state index contributed by atoms with van der Waals surface area (Å²) in [7, 11) is 0. The van der Waals surface area contributed by atoms with E-state index < -0.39 is 11.8 Å². The summed E-state index contributed by atoms with van der Waals surface area (Å²) in [5.74, 6) is -1.48. The van der Waals surface area contributed by atoms with Crippen LogP contribution in [0.15, 0.2) is 24.3 Å². The Hall–Kier alpha value is -1.72. The van der Waals surface area contributed by atoms with Crippen molar-refractivity contribution in [2.75, 3.05) is 19.7 Å². The SMILES string of the molecule is CCN(CCO)Cc1ccc(F)cc1/C=C/C(=O)O. The highest BCUT2D eigenvalue weighted by atomic mass is 19.1. The third kappa shape index (κ3) is 5.19. The van der Waals surface area contributed by atoms with Crippen LogP contribution in [0.2, 0.25) is 0 Å². The van der Waals surface area contributed by atoms with Crippen molar-refractivity contribution < 1.29 is 19.4 Å². The summed E-state index contributed by atoms with van der Waals surface area (Å²) >= 11 is 0. The molecule has 0 aliphatic rings. The molecule has 2 N–H and O–H groups in total. The summed E-state index contributed by atoms with van der Waals surface area (Å²) in [4.78, 5) is 12.5. The quantitative estimate of drug-likeness (QED) is 0.739. The van der Waals surface area contributed by atoms with Gasteiger partial charge in [0.15, 0.2) is 0 Å². The second-order valence-corrected chi connectivity index (χ2v) is 4.11. The van der Waals surface area contributed by atoms with Gasteiger partial charge in [-0.05, 0) is 35.9 Å². The molecular weight excluding hydrogens is 249 g/mol. The molecule has 1 aromatic carbocycles. The van der Waals surface area contributed by atoms with Gasteiger partial charge in [0, 0.05) is 19.2 Å². The smallest absolute Gasteiger partial charge is 0.328 e. The largest absolute Gasteiger partial charge is 0.478 e. The highest BCUT2D eigenvalue weighted by molar-refractivity contribution is 5.85. The molecule has 0 saturated heterocycles. The van der Waals surface area contributed by atoms with Crippen LogP contribution < -0.4 is 0 Å². The first-order valence-corrected chi connectivity index (χ1v) is 6.09. The molecule has 0 atom stereocenters. The Morgan fingerprint density at radius 2 is 2.21 bits per heavy atom. The zero-order chi connectivity index (χ0) is 14.3. The van der Waals surface area contributed by atoms with Crippen molar-refractivity contribution in [2.45, 2.75) is 13.5 Å². The molecule has 0 saturated carbocycles. The monoisotopic (exact) mass is 267 g/mol. The molecule has 19 heavy (non-hydrogen) atoms. The maximum Gasteiger partial charge on any atom is 0.328 e. The predicted octanol–water partition coefficient (Wildman–Crippen LogP) is 1.74. The molecule has 0 aliphatic carbocycles. The first-order chi connectivity index (χ1) is 9.06. The summed E-state index contributed by atoms with van der Waals surface area (Å²) in [5.41, 5.74) is 1.37. The van der Waals surface area contributed by atoms with Crippen molar-refractivity contribution in [3.05, 3.63) is 41.2 Å². The van der Waals surface area contributed by atoms with Crippen molar-refractivity contribution in [2.24, 2.45) is 0 Å². The first kappa shape index (κ1) is 15.3. The van der Waals surface area contributed by atoms with Crippen molar-refractivity contribution in [1.82, 2.24) is 4.90 Å². The van der Waals surface area contributed by atoms with E-state index in [0.717, 1.165) is 18.2 Å². The molecule has 0 radical (unpaired) electrons. The van der Waals surface area contributed by atoms with Crippen LogP contribution in [0.3, 0.4) is 0 Å². The van der Waals surface area contributed by atoms with Crippen LogP contribution in [0.1, 0.15) is 18.1 Å². The van der Waals surface area contributed by atoms with E-state index in [1.54, 1.807) is 6.07 Å². The number of carbonyl (C=O) groups is 1. The third-order valence-electron chi connectivity index (χ3n) is 2.77. The molecule has 0 aliphatic heterocycles. The Labute approximate surface area is 111 Å². The number of benzene rings is 1. The molecule has 0 unspecified atom stereocenters. The fourth-order valence-corrected chi connectivity index (χ4v) is 1.76. The van der Waals surface area contributed by atoms with E-state index in [-0.39, 0.29) is 6.61 Å². The van der Waals surface area contributed by atoms with Crippen LogP contribution in [-0.4, -0.2) is 40.8 Å². The molecule has 0 fully saturated rings. The number of halogens is 1. The van der Waals surface area contributed by atoms with Crippen molar-refractivity contribution in [3.63, 3.8) is 0 Å². The molecule has 0 heterocycles. The summed E-state index contributed by atoms with van der Waals surface area (Å²) in [6.07, 6.45) is 2.37. The number of aliphatic hydroxyl groups is 1. The zero-order valence-electron chi connectivity index (χ0n) is 10.8. The van der Waals surface area contributed by atoms with Gasteiger partial charge < -0.3 is 10.2 Å². The number of rotatable bonds is 7. The summed E-state index contributed by atoms with van der Waals surface area (Å²) < 4.78 is 13.2. The molecule has 104 valence electrons. The highest BCUT2D eigenvalue weighted by Gasteiger charge is 2.07. The van der Waals surface area contributed by atoms with Gasteiger partial charge in [0.05, 0.1) is 6.61 Å². The van der Waals surface area contributed by atoms with E-state index in [1.165, 1.54) is 18.2 Å². The van der Waals surface area contributed by atoms with E-state index in [9.17, 15) is 9.18 Å². The third-order valence-corrected chi connectivity index (χ3v) is 2.77. The average Bonchev–Trinajstić information content (AvgIpc) is 2.38. The second-order valence-electron chi connectivity index (χ2n) is 4.11. The molecule has 5 heteroatoms. The van der Waals surface area contributed by atoms with Gasteiger partial charge in [-0.3, -0.25) is 4.90 Å². The number of hydrogen-bond donors (Lipinski definition) is 2. The lowest BCUT2D eigenvalue weighted by molar-refractivity contribution is -0.131. The Morgan fingerprint density at radius 1 is 1.47 bits per heavy atom. The lowest BCUT2D eigenvalue weighted by Gasteiger charge is -2.20. The fourth-order valence-electron chi connectivity index (χ4n) is 1.76. The second kappa shape index (κ2) is 7.66. The predicted molar refractivity (Wildman–Crippen MR) is 71.1 cm³/mol. The zero-order valence-corrected chi connectivity index (χ0v) is 10.8. The highest BCUT2D eigenvalue weighted by Crippen LogP contribution is 2.15. The summed E-state index contributed by atoms with van der Waals surface area (Å²) in [5, 5.41) is 17.6. The molecular formula is C14H18FNO3. The van der Waals surface area contributed by atoms with E-state index in [0.29, 0.717) is 18.7 Å². The molecule has 1 rings (SSSR count). The van der Waals surface area contributed by atoms with Crippen LogP contribution in [0, 0.1) is 5.82 Å². The number of nitrogens with zero attached hydrogens (tertiary/aromatic N) is 1. The number of carboxylic acids is 1. The summed E-state index contributed by atoms with van der Waals surface area (Å²) in [6.45, 7) is 3.83. The molecule has 0 amide bonds. The van der Waals surface area contributed by atoms with Crippen molar-refractivity contribution in [1.29, 1.82) is 0 Å². The molecule has 0 aromatic heterocycles. The Balaban J connectivity index is 2.95. The fraction of sp³-hybridized carbons (Fsp3) is 0.357. The van der Waals surface area contributed by atoms with Crippen LogP contribution in [0.25, 0.3) is 6.08 Å². The molecule has 1 aromatic rings. The maximum absolute atomic E-state index is 13.2. The molecule has 0 bridgehead atoms. The standard InChI is InChI=1S/C14H18FNO3/c1-2-16(7-8-17)10-12-3-5-13(15)9-11(12)4-6-14(18)19/h3-6,9,17H,2,7-8,10H2,1H3,(H,18,19)/b6-4+. The minimum absolute atomic E-state index is 0.0509. The first-order valence-electron chi connectivity index (χ1n) is 6.09. The van der Waals surface area contributed by atoms with Gasteiger partial charge in [-0.2, -0.15) is 0 Å². The van der Waals surface area contributed by atoms with Crippen molar-refractivity contribution in [3.8, 4) is 0 Å². The minimum atomic E-state index is -1.07. The minimum Gasteiger partial charge on any atom is -0.478 e. The number of aliphatic hydroxyl groups excluding tert-OH is 1.